The third-order valence-electron chi connectivity index (χ3n) is 16.3. The minimum Gasteiger partial charge on any atom is -0.481 e. The summed E-state index contributed by atoms with van der Waals surface area (Å²) in [5.74, 6) is 4.83. The van der Waals surface area contributed by atoms with Gasteiger partial charge >= 0.3 is 54.1 Å². The van der Waals surface area contributed by atoms with Gasteiger partial charge in [0, 0.05) is 38.5 Å². The van der Waals surface area contributed by atoms with Gasteiger partial charge in [-0.2, -0.15) is 0 Å². The molecule has 20 heteroatoms. The summed E-state index contributed by atoms with van der Waals surface area (Å²) in [5.41, 5.74) is -0.428. The van der Waals surface area contributed by atoms with Gasteiger partial charge in [0.15, 0.2) is 0 Å². The van der Waals surface area contributed by atoms with Crippen LogP contribution in [0.5, 0.6) is 5.75 Å². The molecule has 0 aliphatic rings. The number of ether oxygens (including phenoxy) is 1. The van der Waals surface area contributed by atoms with E-state index in [-0.39, 0.29) is 12.8 Å². The van der Waals surface area contributed by atoms with E-state index in [0.717, 1.165) is 69.9 Å². The van der Waals surface area contributed by atoms with Crippen LogP contribution in [-0.2, 0) is 35.8 Å². The molecule has 104 heavy (non-hydrogen) atoms. The number of hydrogen-bond acceptors (Lipinski definition) is 9. The van der Waals surface area contributed by atoms with Crippen LogP contribution in [0.4, 0.5) is 13.2 Å². The van der Waals surface area contributed by atoms with Gasteiger partial charge in [0.1, 0.15) is 16.7 Å². The molecule has 8 N–H and O–H groups in total. The van der Waals surface area contributed by atoms with Crippen molar-refractivity contribution < 1.29 is 97.1 Å². The molecule has 3 aromatic carbocycles. The fourth-order valence-electron chi connectivity index (χ4n) is 10.5. The molecule has 0 heterocycles. The summed E-state index contributed by atoms with van der Waals surface area (Å²) >= 11 is 0. The van der Waals surface area contributed by atoms with Gasteiger partial charge in [-0.05, 0) is 124 Å². The number of halogens is 3. The summed E-state index contributed by atoms with van der Waals surface area (Å²) < 4.78 is 39.3. The zero-order valence-electron chi connectivity index (χ0n) is 62.7. The third kappa shape index (κ3) is 63.1. The van der Waals surface area contributed by atoms with Crippen LogP contribution in [0.2, 0.25) is 0 Å². The fraction of sp³-hybridized carbons (Fsp3) is 0.595. The quantitative estimate of drug-likeness (QED) is 0.0148. The van der Waals surface area contributed by atoms with Crippen LogP contribution in [-0.4, -0.2) is 95.0 Å². The summed E-state index contributed by atoms with van der Waals surface area (Å²) in [5, 5.41) is 69.6. The van der Waals surface area contributed by atoms with Crippen LogP contribution in [0.3, 0.4) is 0 Å². The van der Waals surface area contributed by atoms with Crippen LogP contribution in [0, 0.1) is 36.0 Å². The fourth-order valence-corrected chi connectivity index (χ4v) is 10.5. The number of terminal acetylenes is 1. The van der Waals surface area contributed by atoms with E-state index in [9.17, 15) is 56.6 Å². The average molecular weight is 1460 g/mol. The van der Waals surface area contributed by atoms with Crippen LogP contribution in [0.1, 0.15) is 346 Å². The molecule has 0 aliphatic carbocycles. The molecule has 0 radical (unpaired) electrons. The van der Waals surface area contributed by atoms with E-state index < -0.39 is 76.4 Å². The van der Waals surface area contributed by atoms with Crippen molar-refractivity contribution in [2.24, 2.45) is 0 Å². The lowest BCUT2D eigenvalue weighted by atomic mass is 9.74. The third-order valence-corrected chi connectivity index (χ3v) is 16.3. The Labute approximate surface area is 618 Å². The van der Waals surface area contributed by atoms with E-state index in [1.165, 1.54) is 179 Å². The summed E-state index contributed by atoms with van der Waals surface area (Å²) in [7, 11) is 0. The largest absolute Gasteiger partial charge is 0.573 e. The molecule has 0 aliphatic heterocycles. The lowest BCUT2D eigenvalue weighted by Gasteiger charge is -2.28. The summed E-state index contributed by atoms with van der Waals surface area (Å²) in [4.78, 5) is 84.9. The first-order valence-corrected chi connectivity index (χ1v) is 37.7. The number of carbonyl (C=O) groups is 8. The standard InChI is InChI=1S/C18H34O2.C18H28O2.C15H22O2.C13H16O4.C11H18O2.C9H5F3O5/c2*1-2-3-4-5-6-7-8-9-10-11-12-13-14-15-16-17-18(19)20;1-2-3-4-5-6-7-8-13-9-11-14(12-10-13)15(16)17;1-2-8-13(12(16)17,9-11(14)15)10-6-4-3-5-7-10;1-2-3-4-5-6-7-8-9-10-11(12)13;10-9(11,12)17-6-3-4(7(13)14)1-2-5(6)8(15)16/h5-6H,2-4,7-17H2,1H3,(H,19,20);2-10,15-17H2,1H3,(H,19,20);9-12H,2-8H2,1H3,(H,16,17);3-7H,2,8-9H2,1H3,(H,14,15)(H,16,17);1H,3-10H2,(H,12,13);1-3H,(H,13,14)(H,15,16)/b6-5+;;;;;. The lowest BCUT2D eigenvalue weighted by molar-refractivity contribution is -0.274. The molecular formula is C84H123F3O17. The van der Waals surface area contributed by atoms with E-state index in [4.69, 9.17) is 42.2 Å². The molecule has 0 spiro atoms. The number of rotatable bonds is 51. The Kier molecular flexibility index (Phi) is 65.9. The first-order valence-electron chi connectivity index (χ1n) is 37.7. The number of allylic oxidation sites excluding steroid dienone is 2. The minimum atomic E-state index is -5.10. The molecule has 0 amide bonds. The summed E-state index contributed by atoms with van der Waals surface area (Å²) in [6.45, 7) is 8.56. The molecule has 0 aromatic heterocycles. The number of hydrogen-bond donors (Lipinski definition) is 8. The average Bonchev–Trinajstić information content (AvgIpc) is 0.797. The van der Waals surface area contributed by atoms with Gasteiger partial charge in [-0.25, -0.2) is 14.4 Å². The highest BCUT2D eigenvalue weighted by Crippen LogP contribution is 2.34. The van der Waals surface area contributed by atoms with Crippen molar-refractivity contribution in [1.29, 1.82) is 0 Å². The van der Waals surface area contributed by atoms with Gasteiger partial charge in [-0.15, -0.1) is 25.5 Å². The zero-order valence-corrected chi connectivity index (χ0v) is 62.7. The first-order chi connectivity index (χ1) is 49.8. The highest BCUT2D eigenvalue weighted by Gasteiger charge is 2.41. The van der Waals surface area contributed by atoms with Crippen LogP contribution < -0.4 is 4.74 Å². The Balaban J connectivity index is -0.00000118. The highest BCUT2D eigenvalue weighted by atomic mass is 19.4. The topological polar surface area (TPSA) is 308 Å². The van der Waals surface area contributed by atoms with Gasteiger partial charge in [-0.3, -0.25) is 24.0 Å². The normalized spacial score (nSPS) is 10.9. The predicted molar refractivity (Wildman–Crippen MR) is 405 cm³/mol. The second-order valence-corrected chi connectivity index (χ2v) is 25.5. The second kappa shape index (κ2) is 68.8. The zero-order chi connectivity index (χ0) is 78.3. The molecular weight excluding hydrogens is 1340 g/mol. The molecule has 582 valence electrons. The van der Waals surface area contributed by atoms with Gasteiger partial charge in [0.05, 0.1) is 17.5 Å². The van der Waals surface area contributed by atoms with Crippen molar-refractivity contribution in [3.8, 4) is 41.8 Å². The van der Waals surface area contributed by atoms with Crippen LogP contribution >= 0.6 is 0 Å². The molecule has 1 atom stereocenters. The summed E-state index contributed by atoms with van der Waals surface area (Å²) in [6.07, 6.45) is 51.2. The first kappa shape index (κ1) is 99.6. The van der Waals surface area contributed by atoms with Crippen molar-refractivity contribution in [3.05, 3.63) is 113 Å². The van der Waals surface area contributed by atoms with Crippen LogP contribution in [0.25, 0.3) is 0 Å². The van der Waals surface area contributed by atoms with Gasteiger partial charge in [0.25, 0.3) is 0 Å². The van der Waals surface area contributed by atoms with Crippen molar-refractivity contribution in [1.82, 2.24) is 0 Å². The summed E-state index contributed by atoms with van der Waals surface area (Å²) in [6, 6.07) is 17.9. The maximum Gasteiger partial charge on any atom is 0.573 e. The molecule has 3 aromatic rings. The Morgan fingerprint density at radius 3 is 1.24 bits per heavy atom. The molecule has 0 fully saturated rings. The number of carboxylic acid groups (broad SMARTS) is 8. The van der Waals surface area contributed by atoms with Crippen molar-refractivity contribution >= 4 is 47.8 Å². The number of aryl methyl sites for hydroxylation is 1. The van der Waals surface area contributed by atoms with Gasteiger partial charge in [-0.1, -0.05) is 261 Å². The lowest BCUT2D eigenvalue weighted by Crippen LogP contribution is -2.38. The van der Waals surface area contributed by atoms with E-state index >= 15 is 0 Å². The Morgan fingerprint density at radius 2 is 0.827 bits per heavy atom. The number of aliphatic carboxylic acids is 5. The maximum absolute atomic E-state index is 12.0. The van der Waals surface area contributed by atoms with Crippen LogP contribution in [0.15, 0.2) is 84.9 Å². The second-order valence-electron chi connectivity index (χ2n) is 25.5. The number of unbranched alkanes of at least 4 members (excludes halogenated alkanes) is 31. The monoisotopic (exact) mass is 1460 g/mol. The molecule has 0 saturated heterocycles. The SMILES string of the molecule is C#CCCCCCCCCC(=O)O.CCCC(CC(=O)O)(C(=O)O)c1ccccc1.CCCC/C=C/CCCCCCCCCCCC(=O)O.CCCCCCCCCCC#CC#CCCCC(=O)O.CCCCCCCCc1ccc(C(=O)O)cc1.O=C(O)c1ccc(C(=O)O)c(OC(F)(F)F)c1. The Hall–Kier alpha value is -8.57. The van der Waals surface area contributed by atoms with Crippen molar-refractivity contribution in [2.45, 2.75) is 322 Å². The van der Waals surface area contributed by atoms with Crippen molar-refractivity contribution in [2.75, 3.05) is 0 Å². The minimum absolute atomic E-state index is 0.195. The molecule has 1 unspecified atom stereocenters. The highest BCUT2D eigenvalue weighted by molar-refractivity contribution is 5.94. The van der Waals surface area contributed by atoms with E-state index in [1.807, 2.05) is 19.1 Å². The van der Waals surface area contributed by atoms with E-state index in [2.05, 4.69) is 67.3 Å². The smallest absolute Gasteiger partial charge is 0.481 e. The Bertz CT molecular complexity index is 2970. The Morgan fingerprint density at radius 1 is 0.423 bits per heavy atom. The maximum atomic E-state index is 12.0. The van der Waals surface area contributed by atoms with Gasteiger partial charge < -0.3 is 45.6 Å². The predicted octanol–water partition coefficient (Wildman–Crippen LogP) is 22.3. The molecule has 3 rings (SSSR count). The number of carboxylic acids is 8. The van der Waals surface area contributed by atoms with E-state index in [0.29, 0.717) is 55.7 Å². The van der Waals surface area contributed by atoms with Crippen molar-refractivity contribution in [3.63, 3.8) is 0 Å². The molecule has 0 saturated carbocycles. The van der Waals surface area contributed by atoms with Gasteiger partial charge in [0.2, 0.25) is 0 Å². The number of aromatic carboxylic acids is 3. The van der Waals surface area contributed by atoms with E-state index in [1.54, 1.807) is 42.5 Å². The number of alkyl halides is 3. The molecule has 17 nitrogen and oxygen atoms in total. The number of benzene rings is 3. The molecule has 0 bridgehead atoms.